The van der Waals surface area contributed by atoms with Gasteiger partial charge in [0.15, 0.2) is 0 Å². The van der Waals surface area contributed by atoms with Gasteiger partial charge in [0.1, 0.15) is 5.75 Å². The predicted octanol–water partition coefficient (Wildman–Crippen LogP) is 2.29. The second-order valence-electron chi connectivity index (χ2n) is 5.48. The Bertz CT molecular complexity index is 570. The number of amides is 1. The number of hydrogen-bond donors (Lipinski definition) is 2. The van der Waals surface area contributed by atoms with E-state index in [1.807, 2.05) is 0 Å². The topological polar surface area (TPSA) is 98.5 Å². The Hall–Kier alpha value is -1.60. The van der Waals surface area contributed by atoms with Crippen molar-refractivity contribution in [2.24, 2.45) is 5.14 Å². The lowest BCUT2D eigenvalue weighted by Gasteiger charge is -2.07. The molecule has 0 aliphatic carbocycles. The Labute approximate surface area is 138 Å². The molecule has 0 saturated heterocycles. The monoisotopic (exact) mass is 342 g/mol. The second-order valence-corrected chi connectivity index (χ2v) is 6.64. The molecule has 0 atom stereocenters. The largest absolute Gasteiger partial charge is 0.380 e. The molecule has 1 rings (SSSR count). The molecule has 0 aliphatic heterocycles. The Balaban J connectivity index is 2.21. The van der Waals surface area contributed by atoms with Crippen LogP contribution in [0.25, 0.3) is 0 Å². The van der Waals surface area contributed by atoms with E-state index >= 15 is 0 Å². The average molecular weight is 342 g/mol. The lowest BCUT2D eigenvalue weighted by Crippen LogP contribution is -2.25. The standard InChI is InChI=1S/C16H26N2O4S/c1-2-3-4-5-6-7-16(19)18-13-12-14-8-10-15(11-9-14)22-23(17,20)21/h8-11H,2-7,12-13H2,1H3,(H,18,19)(H2,17,20,21). The van der Waals surface area contributed by atoms with Crippen molar-refractivity contribution < 1.29 is 17.4 Å². The van der Waals surface area contributed by atoms with Crippen LogP contribution >= 0.6 is 0 Å². The van der Waals surface area contributed by atoms with Crippen LogP contribution in [-0.2, 0) is 21.5 Å². The van der Waals surface area contributed by atoms with Crippen LogP contribution in [0.4, 0.5) is 0 Å². The second kappa shape index (κ2) is 10.2. The molecule has 1 amide bonds. The molecular weight excluding hydrogens is 316 g/mol. The van der Waals surface area contributed by atoms with Gasteiger partial charge in [-0.25, -0.2) is 0 Å². The van der Waals surface area contributed by atoms with E-state index in [-0.39, 0.29) is 11.7 Å². The van der Waals surface area contributed by atoms with Crippen molar-refractivity contribution in [3.8, 4) is 5.75 Å². The first kappa shape index (κ1) is 19.4. The molecule has 1 aromatic rings. The molecule has 7 heteroatoms. The highest BCUT2D eigenvalue weighted by atomic mass is 32.2. The number of nitrogens with one attached hydrogen (secondary N) is 1. The summed E-state index contributed by atoms with van der Waals surface area (Å²) in [5.41, 5.74) is 0.981. The third-order valence-electron chi connectivity index (χ3n) is 3.38. The fourth-order valence-corrected chi connectivity index (χ4v) is 2.55. The number of rotatable bonds is 11. The maximum Gasteiger partial charge on any atom is 0.380 e. The molecule has 6 nitrogen and oxygen atoms in total. The average Bonchev–Trinajstić information content (AvgIpc) is 2.47. The van der Waals surface area contributed by atoms with Gasteiger partial charge < -0.3 is 9.50 Å². The van der Waals surface area contributed by atoms with Crippen molar-refractivity contribution in [1.29, 1.82) is 0 Å². The predicted molar refractivity (Wildman–Crippen MR) is 90.3 cm³/mol. The van der Waals surface area contributed by atoms with Gasteiger partial charge in [-0.1, -0.05) is 44.7 Å². The van der Waals surface area contributed by atoms with Crippen molar-refractivity contribution in [1.82, 2.24) is 5.32 Å². The number of benzene rings is 1. The Morgan fingerprint density at radius 1 is 1.13 bits per heavy atom. The zero-order valence-corrected chi connectivity index (χ0v) is 14.4. The minimum Gasteiger partial charge on any atom is -0.371 e. The van der Waals surface area contributed by atoms with Crippen LogP contribution in [0, 0.1) is 0 Å². The van der Waals surface area contributed by atoms with E-state index in [1.165, 1.54) is 31.4 Å². The van der Waals surface area contributed by atoms with E-state index < -0.39 is 10.3 Å². The molecule has 0 radical (unpaired) electrons. The van der Waals surface area contributed by atoms with Crippen molar-refractivity contribution in [2.45, 2.75) is 51.9 Å². The summed E-state index contributed by atoms with van der Waals surface area (Å²) >= 11 is 0. The minimum atomic E-state index is -3.99. The van der Waals surface area contributed by atoms with Gasteiger partial charge in [-0.05, 0) is 30.5 Å². The molecule has 0 spiro atoms. The number of carbonyl (C=O) groups is 1. The summed E-state index contributed by atoms with van der Waals surface area (Å²) < 4.78 is 26.1. The molecule has 23 heavy (non-hydrogen) atoms. The van der Waals surface area contributed by atoms with E-state index in [0.717, 1.165) is 18.4 Å². The van der Waals surface area contributed by atoms with Gasteiger partial charge >= 0.3 is 10.3 Å². The van der Waals surface area contributed by atoms with Crippen LogP contribution < -0.4 is 14.6 Å². The van der Waals surface area contributed by atoms with Gasteiger partial charge in [-0.15, -0.1) is 0 Å². The lowest BCUT2D eigenvalue weighted by molar-refractivity contribution is -0.121. The first-order chi connectivity index (χ1) is 10.9. The molecule has 0 saturated carbocycles. The maximum absolute atomic E-state index is 11.7. The van der Waals surface area contributed by atoms with Crippen LogP contribution in [0.1, 0.15) is 51.0 Å². The lowest BCUT2D eigenvalue weighted by atomic mass is 10.1. The molecular formula is C16H26N2O4S. The van der Waals surface area contributed by atoms with E-state index in [9.17, 15) is 13.2 Å². The summed E-state index contributed by atoms with van der Waals surface area (Å²) in [6.45, 7) is 2.73. The minimum absolute atomic E-state index is 0.0793. The van der Waals surface area contributed by atoms with Crippen molar-refractivity contribution in [3.05, 3.63) is 29.8 Å². The first-order valence-electron chi connectivity index (χ1n) is 7.98. The SMILES string of the molecule is CCCCCCCC(=O)NCCc1ccc(OS(N)(=O)=O)cc1. The van der Waals surface area contributed by atoms with Crippen LogP contribution in [0.3, 0.4) is 0 Å². The zero-order chi connectivity index (χ0) is 17.1. The van der Waals surface area contributed by atoms with Gasteiger partial charge in [0.2, 0.25) is 5.91 Å². The summed E-state index contributed by atoms with van der Waals surface area (Å²) in [6.07, 6.45) is 6.91. The van der Waals surface area contributed by atoms with Gasteiger partial charge in [0.25, 0.3) is 0 Å². The molecule has 0 aliphatic rings. The summed E-state index contributed by atoms with van der Waals surface area (Å²) in [4.78, 5) is 11.7. The van der Waals surface area contributed by atoms with Gasteiger partial charge in [0.05, 0.1) is 0 Å². The highest BCUT2D eigenvalue weighted by molar-refractivity contribution is 7.84. The Morgan fingerprint density at radius 3 is 2.39 bits per heavy atom. The maximum atomic E-state index is 11.7. The quantitative estimate of drug-likeness (QED) is 0.603. The van der Waals surface area contributed by atoms with E-state index in [4.69, 9.17) is 5.14 Å². The fourth-order valence-electron chi connectivity index (χ4n) is 2.17. The highest BCUT2D eigenvalue weighted by Crippen LogP contribution is 2.13. The summed E-state index contributed by atoms with van der Waals surface area (Å²) in [6, 6.07) is 6.57. The number of carbonyl (C=O) groups excluding carboxylic acids is 1. The van der Waals surface area contributed by atoms with Crippen molar-refractivity contribution >= 4 is 16.2 Å². The summed E-state index contributed by atoms with van der Waals surface area (Å²) in [5, 5.41) is 7.68. The molecule has 0 heterocycles. The molecule has 3 N–H and O–H groups in total. The van der Waals surface area contributed by atoms with E-state index in [1.54, 1.807) is 12.1 Å². The number of hydrogen-bond acceptors (Lipinski definition) is 4. The highest BCUT2D eigenvalue weighted by Gasteiger charge is 2.05. The molecule has 1 aromatic carbocycles. The smallest absolute Gasteiger partial charge is 0.371 e. The summed E-state index contributed by atoms with van der Waals surface area (Å²) in [5.74, 6) is 0.253. The van der Waals surface area contributed by atoms with Gasteiger partial charge in [-0.2, -0.15) is 13.6 Å². The zero-order valence-electron chi connectivity index (χ0n) is 13.6. The first-order valence-corrected chi connectivity index (χ1v) is 9.45. The fraction of sp³-hybridized carbons (Fsp3) is 0.562. The Morgan fingerprint density at radius 2 is 1.78 bits per heavy atom. The third-order valence-corrected chi connectivity index (χ3v) is 3.80. The van der Waals surface area contributed by atoms with Crippen LogP contribution in [0.5, 0.6) is 5.75 Å². The van der Waals surface area contributed by atoms with Crippen LogP contribution in [0.2, 0.25) is 0 Å². The van der Waals surface area contributed by atoms with Crippen LogP contribution in [0.15, 0.2) is 24.3 Å². The molecule has 0 unspecified atom stereocenters. The van der Waals surface area contributed by atoms with Crippen molar-refractivity contribution in [3.63, 3.8) is 0 Å². The summed E-state index contributed by atoms with van der Waals surface area (Å²) in [7, 11) is -3.99. The molecule has 130 valence electrons. The van der Waals surface area contributed by atoms with Gasteiger partial charge in [-0.3, -0.25) is 4.79 Å². The number of unbranched alkanes of at least 4 members (excludes halogenated alkanes) is 4. The van der Waals surface area contributed by atoms with Gasteiger partial charge in [0, 0.05) is 13.0 Å². The molecule has 0 fully saturated rings. The molecule has 0 aromatic heterocycles. The van der Waals surface area contributed by atoms with Crippen molar-refractivity contribution in [2.75, 3.05) is 6.54 Å². The van der Waals surface area contributed by atoms with E-state index in [0.29, 0.717) is 19.4 Å². The van der Waals surface area contributed by atoms with Crippen LogP contribution in [-0.4, -0.2) is 20.9 Å². The number of nitrogens with two attached hydrogens (primary N) is 1. The Kier molecular flexibility index (Phi) is 8.65. The normalized spacial score (nSPS) is 11.2. The van der Waals surface area contributed by atoms with E-state index in [2.05, 4.69) is 16.4 Å². The third kappa shape index (κ3) is 9.91. The molecule has 0 bridgehead atoms.